The van der Waals surface area contributed by atoms with E-state index in [1.54, 1.807) is 19.1 Å². The fraction of sp³-hybridized carbons (Fsp3) is 0.296. The van der Waals surface area contributed by atoms with Crippen molar-refractivity contribution >= 4 is 17.5 Å². The van der Waals surface area contributed by atoms with E-state index in [0.29, 0.717) is 17.0 Å². The number of nitrogens with zero attached hydrogens (tertiary/aromatic N) is 5. The first-order valence-electron chi connectivity index (χ1n) is 12.4. The molecular weight excluding hydrogens is 494 g/mol. The van der Waals surface area contributed by atoms with Crippen LogP contribution in [0.5, 0.6) is 0 Å². The Labute approximate surface area is 217 Å². The van der Waals surface area contributed by atoms with E-state index in [-0.39, 0.29) is 24.2 Å². The molecule has 0 saturated heterocycles. The first-order valence-corrected chi connectivity index (χ1v) is 12.4. The number of hydrogen-bond acceptors (Lipinski definition) is 6. The fourth-order valence-electron chi connectivity index (χ4n) is 4.58. The number of tetrazole rings is 1. The summed E-state index contributed by atoms with van der Waals surface area (Å²) in [4.78, 5) is 29.8. The monoisotopic (exact) mass is 520 g/mol. The number of amides is 2. The second-order valence-electron chi connectivity index (χ2n) is 9.23. The Bertz CT molecular complexity index is 1410. The zero-order valence-electron chi connectivity index (χ0n) is 20.7. The summed E-state index contributed by atoms with van der Waals surface area (Å²) in [6, 6.07) is 13.1. The molecule has 1 N–H and O–H groups in total. The zero-order valence-corrected chi connectivity index (χ0v) is 20.7. The van der Waals surface area contributed by atoms with E-state index >= 15 is 0 Å². The number of carbonyl (C=O) groups excluding carboxylic acids is 2. The van der Waals surface area contributed by atoms with Crippen LogP contribution in [0, 0.1) is 18.6 Å². The predicted octanol–water partition coefficient (Wildman–Crippen LogP) is 4.35. The van der Waals surface area contributed by atoms with Gasteiger partial charge in [0.2, 0.25) is 5.82 Å². The average Bonchev–Trinajstić information content (AvgIpc) is 3.67. The Morgan fingerprint density at radius 3 is 2.32 bits per heavy atom. The molecule has 1 fully saturated rings. The molecule has 1 saturated carbocycles. The van der Waals surface area contributed by atoms with Crippen molar-refractivity contribution in [2.24, 2.45) is 0 Å². The minimum Gasteiger partial charge on any atom is -0.464 e. The number of furan rings is 1. The van der Waals surface area contributed by atoms with Crippen molar-refractivity contribution in [2.45, 2.75) is 51.2 Å². The summed E-state index contributed by atoms with van der Waals surface area (Å²) < 4.78 is 32.9. The van der Waals surface area contributed by atoms with Gasteiger partial charge in [0.15, 0.2) is 6.04 Å². The summed E-state index contributed by atoms with van der Waals surface area (Å²) in [5.41, 5.74) is 0.830. The largest absolute Gasteiger partial charge is 0.464 e. The van der Waals surface area contributed by atoms with E-state index in [0.717, 1.165) is 30.5 Å². The Kier molecular flexibility index (Phi) is 7.25. The molecule has 2 amide bonds. The van der Waals surface area contributed by atoms with Gasteiger partial charge in [0, 0.05) is 17.3 Å². The molecule has 0 unspecified atom stereocenters. The highest BCUT2D eigenvalue weighted by Gasteiger charge is 2.36. The standard InChI is InChI=1S/C27H26F2N6O3/c1-17-6-15-23(38-17)25(27(37)30-21-4-2-3-5-21)35(22-13-11-20(29)12-14-22)24(36)16-34-32-26(31-33-34)18-7-9-19(28)10-8-18/h6-15,21,25H,2-5,16H2,1H3,(H,30,37)/t25-/m1/s1. The van der Waals surface area contributed by atoms with E-state index in [2.05, 4.69) is 20.7 Å². The number of carbonyl (C=O) groups is 2. The smallest absolute Gasteiger partial charge is 0.251 e. The normalized spacial score (nSPS) is 14.4. The van der Waals surface area contributed by atoms with Crippen LogP contribution in [0.4, 0.5) is 14.5 Å². The van der Waals surface area contributed by atoms with Crippen LogP contribution in [-0.4, -0.2) is 38.1 Å². The van der Waals surface area contributed by atoms with Gasteiger partial charge in [0.05, 0.1) is 0 Å². The number of benzene rings is 2. The second-order valence-corrected chi connectivity index (χ2v) is 9.23. The fourth-order valence-corrected chi connectivity index (χ4v) is 4.58. The van der Waals surface area contributed by atoms with Crippen LogP contribution in [0.25, 0.3) is 11.4 Å². The molecule has 0 spiro atoms. The number of aryl methyl sites for hydroxylation is 1. The molecule has 1 atom stereocenters. The molecule has 2 heterocycles. The Balaban J connectivity index is 1.48. The Morgan fingerprint density at radius 1 is 1.03 bits per heavy atom. The highest BCUT2D eigenvalue weighted by molar-refractivity contribution is 6.01. The van der Waals surface area contributed by atoms with Gasteiger partial charge in [-0.05, 0) is 85.6 Å². The third-order valence-corrected chi connectivity index (χ3v) is 6.44. The lowest BCUT2D eigenvalue weighted by molar-refractivity contribution is -0.128. The maximum atomic E-state index is 13.8. The van der Waals surface area contributed by atoms with E-state index < -0.39 is 29.5 Å². The van der Waals surface area contributed by atoms with Gasteiger partial charge >= 0.3 is 0 Å². The molecule has 0 radical (unpaired) electrons. The van der Waals surface area contributed by atoms with Crippen molar-refractivity contribution < 1.29 is 22.8 Å². The Morgan fingerprint density at radius 2 is 1.68 bits per heavy atom. The van der Waals surface area contributed by atoms with Crippen LogP contribution in [0.3, 0.4) is 0 Å². The van der Waals surface area contributed by atoms with Crippen molar-refractivity contribution in [3.05, 3.63) is 83.8 Å². The van der Waals surface area contributed by atoms with Crippen molar-refractivity contribution in [3.63, 3.8) is 0 Å². The lowest BCUT2D eigenvalue weighted by atomic mass is 10.1. The number of halogens is 2. The lowest BCUT2D eigenvalue weighted by Gasteiger charge is -2.30. The highest BCUT2D eigenvalue weighted by Crippen LogP contribution is 2.31. The topological polar surface area (TPSA) is 106 Å². The molecular formula is C27H26F2N6O3. The van der Waals surface area contributed by atoms with Gasteiger partial charge in [-0.1, -0.05) is 12.8 Å². The van der Waals surface area contributed by atoms with Crippen molar-refractivity contribution in [2.75, 3.05) is 4.90 Å². The lowest BCUT2D eigenvalue weighted by Crippen LogP contribution is -2.47. The van der Waals surface area contributed by atoms with Gasteiger partial charge in [-0.2, -0.15) is 4.80 Å². The first-order chi connectivity index (χ1) is 18.4. The van der Waals surface area contributed by atoms with Gasteiger partial charge < -0.3 is 9.73 Å². The van der Waals surface area contributed by atoms with Crippen LogP contribution in [0.1, 0.15) is 43.2 Å². The number of anilines is 1. The van der Waals surface area contributed by atoms with E-state index in [1.165, 1.54) is 53.4 Å². The SMILES string of the molecule is Cc1ccc([C@H](C(=O)NC2CCCC2)N(C(=O)Cn2nnc(-c3ccc(F)cc3)n2)c2ccc(F)cc2)o1. The molecule has 2 aromatic carbocycles. The first kappa shape index (κ1) is 25.2. The predicted molar refractivity (Wildman–Crippen MR) is 134 cm³/mol. The van der Waals surface area contributed by atoms with Crippen LogP contribution in [0.2, 0.25) is 0 Å². The summed E-state index contributed by atoms with van der Waals surface area (Å²) in [5.74, 6) is -0.766. The number of nitrogens with one attached hydrogen (secondary N) is 1. The minimum atomic E-state index is -1.15. The number of hydrogen-bond donors (Lipinski definition) is 1. The van der Waals surface area contributed by atoms with Crippen molar-refractivity contribution in [1.29, 1.82) is 0 Å². The van der Waals surface area contributed by atoms with Gasteiger partial charge in [-0.25, -0.2) is 8.78 Å². The summed E-state index contributed by atoms with van der Waals surface area (Å²) in [5, 5.41) is 15.2. The maximum absolute atomic E-state index is 13.8. The summed E-state index contributed by atoms with van der Waals surface area (Å²) in [6.45, 7) is 1.38. The van der Waals surface area contributed by atoms with Gasteiger partial charge in [-0.15, -0.1) is 10.2 Å². The van der Waals surface area contributed by atoms with Crippen LogP contribution >= 0.6 is 0 Å². The Hall–Kier alpha value is -4.41. The maximum Gasteiger partial charge on any atom is 0.251 e. The molecule has 1 aliphatic carbocycles. The zero-order chi connectivity index (χ0) is 26.6. The number of aromatic nitrogens is 4. The van der Waals surface area contributed by atoms with Crippen molar-refractivity contribution in [3.8, 4) is 11.4 Å². The quantitative estimate of drug-likeness (QED) is 0.370. The molecule has 5 rings (SSSR count). The van der Waals surface area contributed by atoms with E-state index in [1.807, 2.05) is 0 Å². The highest BCUT2D eigenvalue weighted by atomic mass is 19.1. The van der Waals surface area contributed by atoms with Crippen LogP contribution < -0.4 is 10.2 Å². The van der Waals surface area contributed by atoms with Crippen molar-refractivity contribution in [1.82, 2.24) is 25.5 Å². The summed E-state index contributed by atoms with van der Waals surface area (Å²) >= 11 is 0. The summed E-state index contributed by atoms with van der Waals surface area (Å²) in [7, 11) is 0. The molecule has 9 nitrogen and oxygen atoms in total. The molecule has 11 heteroatoms. The van der Waals surface area contributed by atoms with Gasteiger partial charge in [0.25, 0.3) is 11.8 Å². The van der Waals surface area contributed by atoms with E-state index in [4.69, 9.17) is 4.42 Å². The molecule has 4 aromatic rings. The van der Waals surface area contributed by atoms with Gasteiger partial charge in [0.1, 0.15) is 29.7 Å². The van der Waals surface area contributed by atoms with Gasteiger partial charge in [-0.3, -0.25) is 14.5 Å². The molecule has 0 bridgehead atoms. The minimum absolute atomic E-state index is 0.00137. The van der Waals surface area contributed by atoms with Crippen LogP contribution in [0.15, 0.2) is 65.1 Å². The molecule has 38 heavy (non-hydrogen) atoms. The number of rotatable bonds is 8. The molecule has 0 aliphatic heterocycles. The molecule has 196 valence electrons. The third-order valence-electron chi connectivity index (χ3n) is 6.44. The van der Waals surface area contributed by atoms with Crippen LogP contribution in [-0.2, 0) is 16.1 Å². The summed E-state index contributed by atoms with van der Waals surface area (Å²) in [6.07, 6.45) is 3.75. The second kappa shape index (κ2) is 10.9. The third kappa shape index (κ3) is 5.61. The molecule has 1 aliphatic rings. The average molecular weight is 521 g/mol. The van der Waals surface area contributed by atoms with E-state index in [9.17, 15) is 18.4 Å². The molecule has 2 aromatic heterocycles.